The summed E-state index contributed by atoms with van der Waals surface area (Å²) in [6.07, 6.45) is 3.61. The summed E-state index contributed by atoms with van der Waals surface area (Å²) < 4.78 is 1.68. The van der Waals surface area contributed by atoms with Gasteiger partial charge < -0.3 is 5.11 Å². The summed E-state index contributed by atoms with van der Waals surface area (Å²) >= 11 is 0. The van der Waals surface area contributed by atoms with Crippen LogP contribution in [0.25, 0.3) is 0 Å². The topological polar surface area (TPSA) is 24.1 Å². The van der Waals surface area contributed by atoms with Gasteiger partial charge in [0.15, 0.2) is 12.4 Å². The van der Waals surface area contributed by atoms with E-state index in [1.54, 1.807) is 17.0 Å². The lowest BCUT2D eigenvalue weighted by molar-refractivity contribution is -0.729. The molecule has 0 saturated heterocycles. The lowest BCUT2D eigenvalue weighted by Gasteiger charge is -1.84. The molecule has 0 aromatic carbocycles. The van der Waals surface area contributed by atoms with E-state index in [-0.39, 0.29) is 19.1 Å². The van der Waals surface area contributed by atoms with Gasteiger partial charge >= 0.3 is 0 Å². The fraction of sp³-hybridized carbons (Fsp3) is 0.167. The van der Waals surface area contributed by atoms with Crippen LogP contribution in [0.1, 0.15) is 0 Å². The highest BCUT2D eigenvalue weighted by molar-refractivity contribution is 5.85. The molecule has 0 fully saturated rings. The zero-order chi connectivity index (χ0) is 5.82. The third-order valence-electron chi connectivity index (χ3n) is 0.941. The van der Waals surface area contributed by atoms with E-state index in [4.69, 9.17) is 5.11 Å². The molecule has 0 aliphatic carbocycles. The van der Waals surface area contributed by atoms with Crippen molar-refractivity contribution in [3.8, 4) is 0 Å². The lowest BCUT2D eigenvalue weighted by Crippen LogP contribution is -2.31. The molecule has 3 heteroatoms. The molecule has 0 atom stereocenters. The predicted molar refractivity (Wildman–Crippen MR) is 36.1 cm³/mol. The van der Waals surface area contributed by atoms with Crippen molar-refractivity contribution < 1.29 is 9.67 Å². The Kier molecular flexibility index (Phi) is 4.01. The van der Waals surface area contributed by atoms with Crippen molar-refractivity contribution in [3.63, 3.8) is 0 Å². The number of aliphatic hydroxyl groups is 1. The Morgan fingerprint density at radius 2 is 1.67 bits per heavy atom. The minimum Gasteiger partial charge on any atom is -0.339 e. The van der Waals surface area contributed by atoms with Crippen molar-refractivity contribution in [2.24, 2.45) is 0 Å². The van der Waals surface area contributed by atoms with Gasteiger partial charge in [0.2, 0.25) is 6.73 Å². The predicted octanol–water partition coefficient (Wildman–Crippen LogP) is 0.346. The quantitative estimate of drug-likeness (QED) is 0.568. The number of pyridine rings is 1. The second kappa shape index (κ2) is 4.30. The van der Waals surface area contributed by atoms with Crippen LogP contribution in [-0.2, 0) is 6.73 Å². The van der Waals surface area contributed by atoms with Crippen LogP contribution >= 0.6 is 12.4 Å². The van der Waals surface area contributed by atoms with Crippen LogP contribution in [0.15, 0.2) is 30.6 Å². The van der Waals surface area contributed by atoms with Crippen molar-refractivity contribution in [2.75, 3.05) is 0 Å². The molecule has 0 aliphatic heterocycles. The molecule has 1 aromatic rings. The Hall–Kier alpha value is -0.600. The van der Waals surface area contributed by atoms with Crippen LogP contribution in [0, 0.1) is 0 Å². The first-order valence-corrected chi connectivity index (χ1v) is 2.48. The normalized spacial score (nSPS) is 8.11. The molecule has 1 N–H and O–H groups in total. The summed E-state index contributed by atoms with van der Waals surface area (Å²) in [5, 5.41) is 8.50. The third kappa shape index (κ3) is 2.44. The summed E-state index contributed by atoms with van der Waals surface area (Å²) in [6, 6.07) is 5.65. The molecule has 50 valence electrons. The van der Waals surface area contributed by atoms with Crippen molar-refractivity contribution in [3.05, 3.63) is 30.6 Å². The maximum absolute atomic E-state index is 8.50. The molecule has 0 unspecified atom stereocenters. The Labute approximate surface area is 60.2 Å². The van der Waals surface area contributed by atoms with Crippen LogP contribution in [0.2, 0.25) is 0 Å². The van der Waals surface area contributed by atoms with Crippen molar-refractivity contribution >= 4 is 12.4 Å². The summed E-state index contributed by atoms with van der Waals surface area (Å²) in [4.78, 5) is 0. The number of nitrogens with zero attached hydrogens (tertiary/aromatic N) is 1. The highest BCUT2D eigenvalue weighted by Crippen LogP contribution is 1.73. The Bertz CT molecular complexity index is 154. The molecule has 0 saturated carbocycles. The molecule has 9 heavy (non-hydrogen) atoms. The van der Waals surface area contributed by atoms with E-state index in [9.17, 15) is 0 Å². The average molecular weight is 147 g/mol. The first-order valence-electron chi connectivity index (χ1n) is 2.48. The monoisotopic (exact) mass is 146 g/mol. The summed E-state index contributed by atoms with van der Waals surface area (Å²) in [5.74, 6) is 0. The number of halogens is 1. The number of aliphatic hydroxyl groups excluding tert-OH is 1. The first-order chi connectivity index (χ1) is 3.93. The third-order valence-corrected chi connectivity index (χ3v) is 0.941. The summed E-state index contributed by atoms with van der Waals surface area (Å²) in [7, 11) is 0. The van der Waals surface area contributed by atoms with E-state index in [1.165, 1.54) is 0 Å². The first kappa shape index (κ1) is 8.40. The average Bonchev–Trinajstić information content (AvgIpc) is 1.90. The largest absolute Gasteiger partial charge is 0.339 e. The Morgan fingerprint density at radius 1 is 1.11 bits per heavy atom. The number of rotatable bonds is 1. The number of hydrogen-bond acceptors (Lipinski definition) is 1. The van der Waals surface area contributed by atoms with Crippen LogP contribution in [0.5, 0.6) is 0 Å². The van der Waals surface area contributed by atoms with Crippen molar-refractivity contribution in [2.45, 2.75) is 6.73 Å². The van der Waals surface area contributed by atoms with Crippen molar-refractivity contribution in [1.82, 2.24) is 0 Å². The second-order valence-electron chi connectivity index (χ2n) is 1.53. The van der Waals surface area contributed by atoms with Gasteiger partial charge in [0.05, 0.1) is 0 Å². The minimum absolute atomic E-state index is 0. The molecule has 0 aliphatic rings. The van der Waals surface area contributed by atoms with E-state index in [0.717, 1.165) is 0 Å². The zero-order valence-electron chi connectivity index (χ0n) is 4.90. The Balaban J connectivity index is 0.000000640. The number of hydrogen-bond donors (Lipinski definition) is 1. The fourth-order valence-electron chi connectivity index (χ4n) is 0.529. The fourth-order valence-corrected chi connectivity index (χ4v) is 0.529. The van der Waals surface area contributed by atoms with Crippen LogP contribution < -0.4 is 4.57 Å². The van der Waals surface area contributed by atoms with Gasteiger partial charge in [-0.25, -0.2) is 0 Å². The van der Waals surface area contributed by atoms with Gasteiger partial charge in [0, 0.05) is 12.1 Å². The SMILES string of the molecule is Cl.OC[n+]1ccccc1. The van der Waals surface area contributed by atoms with E-state index < -0.39 is 0 Å². The molecule has 2 nitrogen and oxygen atoms in total. The van der Waals surface area contributed by atoms with E-state index in [0.29, 0.717) is 0 Å². The number of aromatic nitrogens is 1. The molecule has 1 aromatic heterocycles. The smallest absolute Gasteiger partial charge is 0.250 e. The van der Waals surface area contributed by atoms with E-state index >= 15 is 0 Å². The Morgan fingerprint density at radius 3 is 2.00 bits per heavy atom. The summed E-state index contributed by atoms with van der Waals surface area (Å²) in [5.41, 5.74) is 0. The highest BCUT2D eigenvalue weighted by atomic mass is 35.5. The highest BCUT2D eigenvalue weighted by Gasteiger charge is 1.87. The van der Waals surface area contributed by atoms with Gasteiger partial charge in [0.25, 0.3) is 0 Å². The van der Waals surface area contributed by atoms with Gasteiger partial charge in [-0.2, -0.15) is 4.57 Å². The van der Waals surface area contributed by atoms with Gasteiger partial charge in [0.1, 0.15) is 0 Å². The molecule has 0 spiro atoms. The van der Waals surface area contributed by atoms with Gasteiger partial charge in [-0.3, -0.25) is 0 Å². The van der Waals surface area contributed by atoms with Crippen LogP contribution in [-0.4, -0.2) is 5.11 Å². The molecule has 1 heterocycles. The molecule has 1 rings (SSSR count). The maximum Gasteiger partial charge on any atom is 0.250 e. The van der Waals surface area contributed by atoms with Crippen molar-refractivity contribution in [1.29, 1.82) is 0 Å². The van der Waals surface area contributed by atoms with Gasteiger partial charge in [-0.15, -0.1) is 12.4 Å². The molecular weight excluding hydrogens is 138 g/mol. The maximum atomic E-state index is 8.50. The molecule has 0 amide bonds. The molecular formula is C6H9ClNO+. The summed E-state index contributed by atoms with van der Waals surface area (Å²) in [6.45, 7) is 0.0564. The van der Waals surface area contributed by atoms with E-state index in [1.807, 2.05) is 18.2 Å². The standard InChI is InChI=1S/C6H8NO.ClH/c8-6-7-4-2-1-3-5-7;/h1-5,8H,6H2;1H/q+1;. The van der Waals surface area contributed by atoms with E-state index in [2.05, 4.69) is 0 Å². The van der Waals surface area contributed by atoms with Crippen LogP contribution in [0.4, 0.5) is 0 Å². The second-order valence-corrected chi connectivity index (χ2v) is 1.53. The minimum atomic E-state index is 0. The lowest BCUT2D eigenvalue weighted by atomic mass is 10.5. The zero-order valence-corrected chi connectivity index (χ0v) is 5.71. The van der Waals surface area contributed by atoms with Gasteiger partial charge in [-0.05, 0) is 0 Å². The van der Waals surface area contributed by atoms with Gasteiger partial charge in [-0.1, -0.05) is 6.07 Å². The molecule has 0 bridgehead atoms. The molecule has 0 radical (unpaired) electrons. The van der Waals surface area contributed by atoms with Crippen LogP contribution in [0.3, 0.4) is 0 Å².